The molecule has 2 saturated heterocycles. The lowest BCUT2D eigenvalue weighted by molar-refractivity contribution is -0.136. The van der Waals surface area contributed by atoms with Gasteiger partial charge >= 0.3 is 0 Å². The topological polar surface area (TPSA) is 69.0 Å². The largest absolute Gasteiger partial charge is 0.354 e. The van der Waals surface area contributed by atoms with E-state index in [1.165, 1.54) is 11.3 Å². The number of hydrogen-bond acceptors (Lipinski definition) is 6. The summed E-state index contributed by atoms with van der Waals surface area (Å²) >= 11 is 0. The van der Waals surface area contributed by atoms with Crippen molar-refractivity contribution in [1.29, 1.82) is 0 Å². The first-order valence-electron chi connectivity index (χ1n) is 10.5. The Balaban J connectivity index is 1.36. The van der Waals surface area contributed by atoms with Gasteiger partial charge in [-0.1, -0.05) is 0 Å². The van der Waals surface area contributed by atoms with Gasteiger partial charge in [0.05, 0.1) is 17.8 Å². The van der Waals surface area contributed by atoms with Gasteiger partial charge in [0.2, 0.25) is 5.91 Å². The number of rotatable bonds is 2. The predicted octanol–water partition coefficient (Wildman–Crippen LogP) is 0.0178. The number of hydrogen-bond donors (Lipinski definition) is 1. The van der Waals surface area contributed by atoms with Gasteiger partial charge in [0.25, 0.3) is 0 Å². The SMILES string of the molecule is CN1CCCN(C(=O)C2CN(c3c4c(nc5ccnn35)CCNCC4)C2)CC1. The van der Waals surface area contributed by atoms with Crippen LogP contribution in [0.25, 0.3) is 5.65 Å². The molecule has 0 radical (unpaired) electrons. The molecule has 8 nitrogen and oxygen atoms in total. The molecule has 1 amide bonds. The van der Waals surface area contributed by atoms with Crippen LogP contribution in [0.15, 0.2) is 12.3 Å². The van der Waals surface area contributed by atoms with Gasteiger partial charge in [-0.05, 0) is 33.0 Å². The average Bonchev–Trinajstić information content (AvgIpc) is 2.85. The van der Waals surface area contributed by atoms with Crippen molar-refractivity contribution in [1.82, 2.24) is 29.7 Å². The molecule has 2 fully saturated rings. The Morgan fingerprint density at radius 3 is 2.89 bits per heavy atom. The predicted molar refractivity (Wildman–Crippen MR) is 108 cm³/mol. The van der Waals surface area contributed by atoms with Gasteiger partial charge in [-0.25, -0.2) is 4.98 Å². The van der Waals surface area contributed by atoms with Gasteiger partial charge in [0.15, 0.2) is 5.65 Å². The van der Waals surface area contributed by atoms with E-state index in [4.69, 9.17) is 4.98 Å². The maximum absolute atomic E-state index is 13.0. The molecule has 150 valence electrons. The molecule has 5 rings (SSSR count). The molecule has 3 aliphatic rings. The average molecular weight is 384 g/mol. The highest BCUT2D eigenvalue weighted by molar-refractivity contribution is 5.82. The van der Waals surface area contributed by atoms with Crippen molar-refractivity contribution in [3.05, 3.63) is 23.5 Å². The number of carbonyl (C=O) groups excluding carboxylic acids is 1. The standard InChI is InChI=1S/C20H29N7O/c1-24-9-2-10-25(12-11-24)20(28)15-13-26(14-15)19-16-3-6-21-7-4-17(16)23-18-5-8-22-27(18)19/h5,8,15,21H,2-4,6-7,9-14H2,1H3. The van der Waals surface area contributed by atoms with Crippen LogP contribution >= 0.6 is 0 Å². The zero-order valence-electron chi connectivity index (χ0n) is 16.6. The zero-order valence-corrected chi connectivity index (χ0v) is 16.6. The zero-order chi connectivity index (χ0) is 19.1. The highest BCUT2D eigenvalue weighted by Crippen LogP contribution is 2.32. The number of amides is 1. The third-order valence-electron chi connectivity index (χ3n) is 6.34. The van der Waals surface area contributed by atoms with Crippen molar-refractivity contribution >= 4 is 17.4 Å². The first kappa shape index (κ1) is 17.9. The third kappa shape index (κ3) is 3.14. The Morgan fingerprint density at radius 1 is 1.14 bits per heavy atom. The summed E-state index contributed by atoms with van der Waals surface area (Å²) in [5.74, 6) is 1.57. The number of nitrogens with one attached hydrogen (secondary N) is 1. The number of anilines is 1. The fraction of sp³-hybridized carbons (Fsp3) is 0.650. The minimum absolute atomic E-state index is 0.0988. The summed E-state index contributed by atoms with van der Waals surface area (Å²) in [5.41, 5.74) is 3.38. The Kier molecular flexibility index (Phi) is 4.68. The lowest BCUT2D eigenvalue weighted by Crippen LogP contribution is -2.56. The maximum Gasteiger partial charge on any atom is 0.229 e. The van der Waals surface area contributed by atoms with E-state index in [1.54, 1.807) is 0 Å². The van der Waals surface area contributed by atoms with E-state index in [1.807, 2.05) is 16.8 Å². The van der Waals surface area contributed by atoms with E-state index in [9.17, 15) is 4.79 Å². The monoisotopic (exact) mass is 383 g/mol. The van der Waals surface area contributed by atoms with Crippen LogP contribution in [0, 0.1) is 5.92 Å². The van der Waals surface area contributed by atoms with Crippen LogP contribution in [0.4, 0.5) is 5.82 Å². The van der Waals surface area contributed by atoms with E-state index >= 15 is 0 Å². The van der Waals surface area contributed by atoms with E-state index in [2.05, 4.69) is 32.2 Å². The van der Waals surface area contributed by atoms with Gasteiger partial charge in [-0.15, -0.1) is 0 Å². The van der Waals surface area contributed by atoms with Crippen LogP contribution in [0.5, 0.6) is 0 Å². The quantitative estimate of drug-likeness (QED) is 0.789. The van der Waals surface area contributed by atoms with Crippen LogP contribution in [0.2, 0.25) is 0 Å². The van der Waals surface area contributed by atoms with Crippen molar-refractivity contribution in [3.8, 4) is 0 Å². The molecule has 0 aromatic carbocycles. The number of aromatic nitrogens is 3. The number of carbonyl (C=O) groups is 1. The molecule has 2 aromatic heterocycles. The van der Waals surface area contributed by atoms with Crippen LogP contribution in [-0.2, 0) is 17.6 Å². The fourth-order valence-electron chi connectivity index (χ4n) is 4.67. The highest BCUT2D eigenvalue weighted by atomic mass is 16.2. The molecule has 5 heterocycles. The molecule has 2 aromatic rings. The first-order chi connectivity index (χ1) is 13.7. The second kappa shape index (κ2) is 7.33. The molecule has 0 unspecified atom stereocenters. The van der Waals surface area contributed by atoms with Crippen molar-refractivity contribution in [2.75, 3.05) is 64.3 Å². The molecular formula is C20H29N7O. The van der Waals surface area contributed by atoms with Gasteiger partial charge in [-0.2, -0.15) is 9.61 Å². The lowest BCUT2D eigenvalue weighted by atomic mass is 9.96. The highest BCUT2D eigenvalue weighted by Gasteiger charge is 2.38. The second-order valence-electron chi connectivity index (χ2n) is 8.30. The first-order valence-corrected chi connectivity index (χ1v) is 10.5. The van der Waals surface area contributed by atoms with E-state index in [0.29, 0.717) is 5.91 Å². The molecule has 0 spiro atoms. The minimum Gasteiger partial charge on any atom is -0.354 e. The summed E-state index contributed by atoms with van der Waals surface area (Å²) < 4.78 is 1.96. The Bertz CT molecular complexity index is 873. The molecule has 0 saturated carbocycles. The number of nitrogens with zero attached hydrogens (tertiary/aromatic N) is 6. The lowest BCUT2D eigenvalue weighted by Gasteiger charge is -2.42. The number of fused-ring (bicyclic) bond motifs is 2. The molecule has 3 aliphatic heterocycles. The van der Waals surface area contributed by atoms with Gasteiger partial charge in [-0.3, -0.25) is 4.79 Å². The van der Waals surface area contributed by atoms with Crippen LogP contribution in [-0.4, -0.2) is 89.7 Å². The molecule has 0 bridgehead atoms. The Hall–Kier alpha value is -2.19. The third-order valence-corrected chi connectivity index (χ3v) is 6.34. The van der Waals surface area contributed by atoms with Crippen molar-refractivity contribution < 1.29 is 4.79 Å². The molecule has 28 heavy (non-hydrogen) atoms. The summed E-state index contributed by atoms with van der Waals surface area (Å²) in [4.78, 5) is 24.6. The summed E-state index contributed by atoms with van der Waals surface area (Å²) in [7, 11) is 2.14. The summed E-state index contributed by atoms with van der Waals surface area (Å²) in [5, 5.41) is 8.00. The van der Waals surface area contributed by atoms with Gasteiger partial charge in [0.1, 0.15) is 5.82 Å². The normalized spacial score (nSPS) is 21.9. The van der Waals surface area contributed by atoms with Gasteiger partial charge < -0.3 is 20.0 Å². The van der Waals surface area contributed by atoms with E-state index < -0.39 is 0 Å². The Morgan fingerprint density at radius 2 is 2.00 bits per heavy atom. The van der Waals surface area contributed by atoms with Crippen molar-refractivity contribution in [3.63, 3.8) is 0 Å². The van der Waals surface area contributed by atoms with Crippen LogP contribution in [0.1, 0.15) is 17.7 Å². The van der Waals surface area contributed by atoms with E-state index in [-0.39, 0.29) is 5.92 Å². The molecule has 0 aliphatic carbocycles. The van der Waals surface area contributed by atoms with Crippen molar-refractivity contribution in [2.45, 2.75) is 19.3 Å². The molecular weight excluding hydrogens is 354 g/mol. The molecule has 1 N–H and O–H groups in total. The second-order valence-corrected chi connectivity index (χ2v) is 8.30. The summed E-state index contributed by atoms with van der Waals surface area (Å²) in [6.07, 6.45) is 4.79. The molecule has 0 atom stereocenters. The Labute approximate surface area is 165 Å². The fourth-order valence-corrected chi connectivity index (χ4v) is 4.67. The van der Waals surface area contributed by atoms with Crippen LogP contribution in [0.3, 0.4) is 0 Å². The van der Waals surface area contributed by atoms with E-state index in [0.717, 1.165) is 83.1 Å². The maximum atomic E-state index is 13.0. The molecule has 8 heteroatoms. The van der Waals surface area contributed by atoms with Gasteiger partial charge in [0, 0.05) is 57.3 Å². The minimum atomic E-state index is 0.0988. The van der Waals surface area contributed by atoms with Crippen molar-refractivity contribution in [2.24, 2.45) is 5.92 Å². The smallest absolute Gasteiger partial charge is 0.229 e. The van der Waals surface area contributed by atoms with Crippen LogP contribution < -0.4 is 10.2 Å². The summed E-state index contributed by atoms with van der Waals surface area (Å²) in [6, 6.07) is 1.97. The number of likely N-dealkylation sites (N-methyl/N-ethyl adjacent to an activating group) is 1. The summed E-state index contributed by atoms with van der Waals surface area (Å²) in [6.45, 7) is 7.29.